The number of halogens is 3. The molecule has 1 N–H and O–H groups in total. The van der Waals surface area contributed by atoms with Crippen LogP contribution in [0.2, 0.25) is 5.02 Å². The van der Waals surface area contributed by atoms with E-state index >= 15 is 0 Å². The molecule has 0 unspecified atom stereocenters. The summed E-state index contributed by atoms with van der Waals surface area (Å²) in [7, 11) is 0. The fraction of sp³-hybridized carbons (Fsp3) is 0.133. The molecular weight excluding hydrogens is 361 g/mol. The third-order valence-electron chi connectivity index (χ3n) is 2.69. The maximum absolute atomic E-state index is 13.4. The molecule has 0 heterocycles. The Kier molecular flexibility index (Phi) is 5.20. The number of hydrogen-bond acceptors (Lipinski definition) is 2. The summed E-state index contributed by atoms with van der Waals surface area (Å²) in [4.78, 5) is 12.1. The quantitative estimate of drug-likeness (QED) is 0.829. The lowest BCUT2D eigenvalue weighted by atomic mass is 10.2. The molecule has 2 rings (SSSR count). The second kappa shape index (κ2) is 6.91. The van der Waals surface area contributed by atoms with Gasteiger partial charge in [-0.05, 0) is 53.2 Å². The maximum atomic E-state index is 13.4. The van der Waals surface area contributed by atoms with Gasteiger partial charge in [-0.25, -0.2) is 4.39 Å². The van der Waals surface area contributed by atoms with Gasteiger partial charge in [0.2, 0.25) is 0 Å². The molecular formula is C15H12BrClFNO2. The van der Waals surface area contributed by atoms with Gasteiger partial charge in [0.15, 0.2) is 0 Å². The number of nitrogens with one attached hydrogen (secondary N) is 1. The van der Waals surface area contributed by atoms with Crippen LogP contribution in [-0.2, 0) is 0 Å². The molecule has 0 bridgehead atoms. The van der Waals surface area contributed by atoms with Crippen LogP contribution in [0.25, 0.3) is 0 Å². The molecule has 2 aromatic rings. The Balaban J connectivity index is 2.20. The number of benzene rings is 2. The van der Waals surface area contributed by atoms with Gasteiger partial charge in [-0.2, -0.15) is 0 Å². The largest absolute Gasteiger partial charge is 0.492 e. The highest BCUT2D eigenvalue weighted by molar-refractivity contribution is 9.10. The first kappa shape index (κ1) is 15.8. The molecule has 0 saturated carbocycles. The van der Waals surface area contributed by atoms with Crippen LogP contribution >= 0.6 is 27.5 Å². The van der Waals surface area contributed by atoms with Crippen molar-refractivity contribution < 1.29 is 13.9 Å². The van der Waals surface area contributed by atoms with Gasteiger partial charge in [-0.3, -0.25) is 4.79 Å². The molecule has 0 aliphatic rings. The Morgan fingerprint density at radius 1 is 1.38 bits per heavy atom. The van der Waals surface area contributed by atoms with Crippen molar-refractivity contribution in [2.24, 2.45) is 0 Å². The Morgan fingerprint density at radius 2 is 2.14 bits per heavy atom. The van der Waals surface area contributed by atoms with E-state index in [0.29, 0.717) is 23.1 Å². The first-order valence-electron chi connectivity index (χ1n) is 6.20. The zero-order valence-corrected chi connectivity index (χ0v) is 13.5. The monoisotopic (exact) mass is 371 g/mol. The van der Waals surface area contributed by atoms with Crippen molar-refractivity contribution in [3.63, 3.8) is 0 Å². The second-order valence-corrected chi connectivity index (χ2v) is 5.33. The van der Waals surface area contributed by atoms with E-state index in [9.17, 15) is 9.18 Å². The van der Waals surface area contributed by atoms with Gasteiger partial charge in [0, 0.05) is 5.69 Å². The van der Waals surface area contributed by atoms with Crippen LogP contribution in [0.1, 0.15) is 17.3 Å². The molecule has 6 heteroatoms. The van der Waals surface area contributed by atoms with Gasteiger partial charge in [-0.15, -0.1) is 0 Å². The molecule has 0 atom stereocenters. The zero-order chi connectivity index (χ0) is 15.4. The van der Waals surface area contributed by atoms with E-state index in [1.165, 1.54) is 18.2 Å². The van der Waals surface area contributed by atoms with Crippen LogP contribution in [0.3, 0.4) is 0 Å². The first-order chi connectivity index (χ1) is 10.0. The standard InChI is InChI=1S/C15H12BrClFNO2/c1-2-21-13-7-6-9(8-11(13)17)19-15(20)10-4-3-5-12(18)14(10)16/h3-8H,2H2,1H3,(H,19,20). The Labute approximate surface area is 135 Å². The Bertz CT molecular complexity index is 679. The summed E-state index contributed by atoms with van der Waals surface area (Å²) in [5.74, 6) is -0.377. The molecule has 3 nitrogen and oxygen atoms in total. The molecule has 0 spiro atoms. The summed E-state index contributed by atoms with van der Waals surface area (Å²) in [5.41, 5.74) is 0.713. The molecule has 0 aliphatic carbocycles. The predicted molar refractivity (Wildman–Crippen MR) is 84.7 cm³/mol. The van der Waals surface area contributed by atoms with Crippen molar-refractivity contribution in [2.45, 2.75) is 6.92 Å². The van der Waals surface area contributed by atoms with Crippen LogP contribution in [-0.4, -0.2) is 12.5 Å². The molecule has 1 amide bonds. The van der Waals surface area contributed by atoms with E-state index in [1.54, 1.807) is 18.2 Å². The summed E-state index contributed by atoms with van der Waals surface area (Å²) in [5, 5.41) is 3.06. The summed E-state index contributed by atoms with van der Waals surface area (Å²) in [6.45, 7) is 2.36. The molecule has 110 valence electrons. The van der Waals surface area contributed by atoms with E-state index in [0.717, 1.165) is 0 Å². The van der Waals surface area contributed by atoms with E-state index in [4.69, 9.17) is 16.3 Å². The highest BCUT2D eigenvalue weighted by Gasteiger charge is 2.13. The fourth-order valence-electron chi connectivity index (χ4n) is 1.73. The van der Waals surface area contributed by atoms with Crippen molar-refractivity contribution in [2.75, 3.05) is 11.9 Å². The minimum Gasteiger partial charge on any atom is -0.492 e. The van der Waals surface area contributed by atoms with Crippen LogP contribution < -0.4 is 10.1 Å². The molecule has 2 aromatic carbocycles. The summed E-state index contributed by atoms with van der Waals surface area (Å²) in [6.07, 6.45) is 0. The fourth-order valence-corrected chi connectivity index (χ4v) is 2.41. The lowest BCUT2D eigenvalue weighted by molar-refractivity contribution is 0.102. The van der Waals surface area contributed by atoms with Gasteiger partial charge in [-0.1, -0.05) is 17.7 Å². The highest BCUT2D eigenvalue weighted by atomic mass is 79.9. The van der Waals surface area contributed by atoms with Gasteiger partial charge >= 0.3 is 0 Å². The topological polar surface area (TPSA) is 38.3 Å². The molecule has 21 heavy (non-hydrogen) atoms. The molecule has 0 saturated heterocycles. The predicted octanol–water partition coefficient (Wildman–Crippen LogP) is 4.89. The minimum atomic E-state index is -0.493. The van der Waals surface area contributed by atoms with Gasteiger partial charge in [0.05, 0.1) is 21.7 Å². The third kappa shape index (κ3) is 3.74. The Hall–Kier alpha value is -1.59. The van der Waals surface area contributed by atoms with Crippen molar-refractivity contribution >= 4 is 39.1 Å². The zero-order valence-electron chi connectivity index (χ0n) is 11.1. The van der Waals surface area contributed by atoms with Crippen LogP contribution in [0.4, 0.5) is 10.1 Å². The van der Waals surface area contributed by atoms with Crippen LogP contribution in [0.5, 0.6) is 5.75 Å². The summed E-state index contributed by atoms with van der Waals surface area (Å²) >= 11 is 9.11. The molecule has 0 radical (unpaired) electrons. The highest BCUT2D eigenvalue weighted by Crippen LogP contribution is 2.28. The summed E-state index contributed by atoms with van der Waals surface area (Å²) in [6, 6.07) is 9.19. The van der Waals surface area contributed by atoms with Crippen molar-refractivity contribution in [1.29, 1.82) is 0 Å². The van der Waals surface area contributed by atoms with Crippen LogP contribution in [0.15, 0.2) is 40.9 Å². The second-order valence-electron chi connectivity index (χ2n) is 4.13. The van der Waals surface area contributed by atoms with Gasteiger partial charge in [0.1, 0.15) is 11.6 Å². The number of carbonyl (C=O) groups excluding carboxylic acids is 1. The van der Waals surface area contributed by atoms with Crippen molar-refractivity contribution in [3.05, 3.63) is 57.3 Å². The van der Waals surface area contributed by atoms with E-state index in [1.807, 2.05) is 6.92 Å². The SMILES string of the molecule is CCOc1ccc(NC(=O)c2cccc(F)c2Br)cc1Cl. The lowest BCUT2D eigenvalue weighted by Crippen LogP contribution is -2.13. The number of carbonyl (C=O) groups is 1. The third-order valence-corrected chi connectivity index (χ3v) is 3.79. The average molecular weight is 373 g/mol. The van der Waals surface area contributed by atoms with Crippen LogP contribution in [0, 0.1) is 5.82 Å². The van der Waals surface area contributed by atoms with E-state index in [-0.39, 0.29) is 10.0 Å². The number of amides is 1. The average Bonchev–Trinajstić information content (AvgIpc) is 2.45. The molecule has 0 fully saturated rings. The summed E-state index contributed by atoms with van der Waals surface area (Å²) < 4.78 is 18.9. The molecule has 0 aromatic heterocycles. The van der Waals surface area contributed by atoms with E-state index in [2.05, 4.69) is 21.2 Å². The van der Waals surface area contributed by atoms with Crippen molar-refractivity contribution in [1.82, 2.24) is 0 Å². The first-order valence-corrected chi connectivity index (χ1v) is 7.37. The maximum Gasteiger partial charge on any atom is 0.256 e. The number of rotatable bonds is 4. The lowest BCUT2D eigenvalue weighted by Gasteiger charge is -2.10. The number of anilines is 1. The molecule has 0 aliphatic heterocycles. The van der Waals surface area contributed by atoms with Gasteiger partial charge in [0.25, 0.3) is 5.91 Å². The van der Waals surface area contributed by atoms with Gasteiger partial charge < -0.3 is 10.1 Å². The smallest absolute Gasteiger partial charge is 0.256 e. The van der Waals surface area contributed by atoms with Crippen molar-refractivity contribution in [3.8, 4) is 5.75 Å². The normalized spacial score (nSPS) is 10.3. The minimum absolute atomic E-state index is 0.125. The van der Waals surface area contributed by atoms with E-state index < -0.39 is 11.7 Å². The number of ether oxygens (including phenoxy) is 1. The Morgan fingerprint density at radius 3 is 2.81 bits per heavy atom. The number of hydrogen-bond donors (Lipinski definition) is 1.